The van der Waals surface area contributed by atoms with Crippen molar-refractivity contribution in [2.75, 3.05) is 13.1 Å². The maximum Gasteiger partial charge on any atom is 0.253 e. The van der Waals surface area contributed by atoms with Crippen molar-refractivity contribution in [3.63, 3.8) is 0 Å². The van der Waals surface area contributed by atoms with Crippen molar-refractivity contribution in [3.8, 4) is 0 Å². The molecule has 0 aliphatic heterocycles. The molecule has 0 bridgehead atoms. The molecule has 1 aromatic heterocycles. The molecule has 1 amide bonds. The highest BCUT2D eigenvalue weighted by Crippen LogP contribution is 2.07. The zero-order valence-corrected chi connectivity index (χ0v) is 12.2. The summed E-state index contributed by atoms with van der Waals surface area (Å²) in [6.45, 7) is 3.47. The summed E-state index contributed by atoms with van der Waals surface area (Å²) in [4.78, 5) is 18.6. The van der Waals surface area contributed by atoms with E-state index in [1.54, 1.807) is 24.5 Å². The van der Waals surface area contributed by atoms with Crippen LogP contribution >= 0.6 is 12.2 Å². The van der Waals surface area contributed by atoms with E-state index in [9.17, 15) is 4.79 Å². The lowest BCUT2D eigenvalue weighted by molar-refractivity contribution is 0.0757. The molecule has 1 aromatic rings. The third-order valence-corrected chi connectivity index (χ3v) is 3.08. The lowest BCUT2D eigenvalue weighted by Crippen LogP contribution is -2.34. The van der Waals surface area contributed by atoms with Gasteiger partial charge in [0.2, 0.25) is 0 Å². The molecule has 0 aliphatic carbocycles. The van der Waals surface area contributed by atoms with Crippen molar-refractivity contribution in [2.24, 2.45) is 5.73 Å². The standard InChI is InChI=1S/C14H21N3OS/c1-2-3-4-10-17(11-7-13(15)19)14(18)12-5-8-16-9-6-12/h5-6,8-9H,2-4,7,10-11H2,1H3,(H2,15,19). The van der Waals surface area contributed by atoms with Gasteiger partial charge in [-0.3, -0.25) is 9.78 Å². The molecule has 0 radical (unpaired) electrons. The number of carbonyl (C=O) groups is 1. The van der Waals surface area contributed by atoms with E-state index in [4.69, 9.17) is 18.0 Å². The normalized spacial score (nSPS) is 10.2. The van der Waals surface area contributed by atoms with E-state index in [0.717, 1.165) is 25.8 Å². The molecular formula is C14H21N3OS. The second-order valence-corrected chi connectivity index (χ2v) is 4.98. The van der Waals surface area contributed by atoms with Gasteiger partial charge in [0.25, 0.3) is 5.91 Å². The average Bonchev–Trinajstić information content (AvgIpc) is 2.42. The summed E-state index contributed by atoms with van der Waals surface area (Å²) in [5.74, 6) is 0.0229. The van der Waals surface area contributed by atoms with Gasteiger partial charge in [0, 0.05) is 37.5 Å². The summed E-state index contributed by atoms with van der Waals surface area (Å²) < 4.78 is 0. The molecule has 0 saturated heterocycles. The quantitative estimate of drug-likeness (QED) is 0.586. The molecule has 0 fully saturated rings. The maximum absolute atomic E-state index is 12.4. The third-order valence-electron chi connectivity index (χ3n) is 2.87. The Balaban J connectivity index is 2.65. The van der Waals surface area contributed by atoms with Gasteiger partial charge in [0.05, 0.1) is 4.99 Å². The summed E-state index contributed by atoms with van der Waals surface area (Å²) in [5.41, 5.74) is 6.18. The minimum absolute atomic E-state index is 0.0229. The van der Waals surface area contributed by atoms with Gasteiger partial charge in [-0.25, -0.2) is 0 Å². The Hall–Kier alpha value is -1.49. The Morgan fingerprint density at radius 2 is 2.00 bits per heavy atom. The van der Waals surface area contributed by atoms with Crippen molar-refractivity contribution in [3.05, 3.63) is 30.1 Å². The van der Waals surface area contributed by atoms with Crippen molar-refractivity contribution in [1.82, 2.24) is 9.88 Å². The van der Waals surface area contributed by atoms with Gasteiger partial charge in [-0.2, -0.15) is 0 Å². The second-order valence-electron chi connectivity index (χ2n) is 4.45. The highest BCUT2D eigenvalue weighted by atomic mass is 32.1. The fraction of sp³-hybridized carbons (Fsp3) is 0.500. The van der Waals surface area contributed by atoms with Gasteiger partial charge >= 0.3 is 0 Å². The first-order chi connectivity index (χ1) is 9.15. The number of nitrogens with two attached hydrogens (primary N) is 1. The fourth-order valence-corrected chi connectivity index (χ4v) is 1.88. The zero-order chi connectivity index (χ0) is 14.1. The molecule has 19 heavy (non-hydrogen) atoms. The van der Waals surface area contributed by atoms with Crippen molar-refractivity contribution in [2.45, 2.75) is 32.6 Å². The molecule has 0 saturated carbocycles. The number of aromatic nitrogens is 1. The topological polar surface area (TPSA) is 59.2 Å². The number of unbranched alkanes of at least 4 members (excludes halogenated alkanes) is 2. The van der Waals surface area contributed by atoms with Gasteiger partial charge in [0.1, 0.15) is 0 Å². The molecule has 1 heterocycles. The molecule has 0 aromatic carbocycles. The van der Waals surface area contributed by atoms with Crippen LogP contribution in [0.3, 0.4) is 0 Å². The van der Waals surface area contributed by atoms with E-state index >= 15 is 0 Å². The summed E-state index contributed by atoms with van der Waals surface area (Å²) in [6, 6.07) is 3.46. The van der Waals surface area contributed by atoms with Gasteiger partial charge in [0.15, 0.2) is 0 Å². The van der Waals surface area contributed by atoms with Crippen LogP contribution in [0.15, 0.2) is 24.5 Å². The molecule has 5 heteroatoms. The molecule has 0 unspecified atom stereocenters. The fourth-order valence-electron chi connectivity index (χ4n) is 1.79. The second kappa shape index (κ2) is 8.58. The molecule has 2 N–H and O–H groups in total. The number of nitrogens with zero attached hydrogens (tertiary/aromatic N) is 2. The molecule has 104 valence electrons. The van der Waals surface area contributed by atoms with Crippen LogP contribution in [0.1, 0.15) is 43.0 Å². The molecule has 0 aliphatic rings. The summed E-state index contributed by atoms with van der Waals surface area (Å²) in [7, 11) is 0. The Labute approximate surface area is 120 Å². The predicted molar refractivity (Wildman–Crippen MR) is 81.1 cm³/mol. The van der Waals surface area contributed by atoms with Crippen LogP contribution in [0, 0.1) is 0 Å². The van der Waals surface area contributed by atoms with E-state index in [1.165, 1.54) is 0 Å². The van der Waals surface area contributed by atoms with Crippen LogP contribution in [0.25, 0.3) is 0 Å². The van der Waals surface area contributed by atoms with E-state index < -0.39 is 0 Å². The number of pyridine rings is 1. The SMILES string of the molecule is CCCCCN(CCC(N)=S)C(=O)c1ccncc1. The first kappa shape index (κ1) is 15.6. The predicted octanol–water partition coefficient (Wildman–Crippen LogP) is 2.39. The highest BCUT2D eigenvalue weighted by Gasteiger charge is 2.15. The van der Waals surface area contributed by atoms with Crippen LogP contribution in [-0.2, 0) is 0 Å². The zero-order valence-electron chi connectivity index (χ0n) is 11.3. The molecule has 1 rings (SSSR count). The van der Waals surface area contributed by atoms with Gasteiger partial charge < -0.3 is 10.6 Å². The Bertz CT molecular complexity index is 408. The van der Waals surface area contributed by atoms with E-state index in [2.05, 4.69) is 11.9 Å². The van der Waals surface area contributed by atoms with Crippen LogP contribution in [0.4, 0.5) is 0 Å². The minimum Gasteiger partial charge on any atom is -0.393 e. The monoisotopic (exact) mass is 279 g/mol. The minimum atomic E-state index is 0.0229. The molecular weight excluding hydrogens is 258 g/mol. The molecule has 4 nitrogen and oxygen atoms in total. The van der Waals surface area contributed by atoms with Crippen LogP contribution < -0.4 is 5.73 Å². The Morgan fingerprint density at radius 3 is 2.58 bits per heavy atom. The number of carbonyl (C=O) groups excluding carboxylic acids is 1. The van der Waals surface area contributed by atoms with Gasteiger partial charge in [-0.15, -0.1) is 0 Å². The number of amides is 1. The van der Waals surface area contributed by atoms with Crippen LogP contribution in [-0.4, -0.2) is 33.9 Å². The van der Waals surface area contributed by atoms with Crippen molar-refractivity contribution >= 4 is 23.1 Å². The summed E-state index contributed by atoms with van der Waals surface area (Å²) in [6.07, 6.45) is 7.08. The average molecular weight is 279 g/mol. The summed E-state index contributed by atoms with van der Waals surface area (Å²) >= 11 is 4.88. The largest absolute Gasteiger partial charge is 0.393 e. The first-order valence-corrected chi connectivity index (χ1v) is 7.03. The van der Waals surface area contributed by atoms with Gasteiger partial charge in [-0.05, 0) is 18.6 Å². The number of hydrogen-bond acceptors (Lipinski definition) is 3. The number of thiocarbonyl (C=S) groups is 1. The van der Waals surface area contributed by atoms with E-state index in [-0.39, 0.29) is 5.91 Å². The molecule has 0 spiro atoms. The van der Waals surface area contributed by atoms with Crippen LogP contribution in [0.5, 0.6) is 0 Å². The van der Waals surface area contributed by atoms with Crippen molar-refractivity contribution in [1.29, 1.82) is 0 Å². The van der Waals surface area contributed by atoms with E-state index in [0.29, 0.717) is 23.5 Å². The Morgan fingerprint density at radius 1 is 1.32 bits per heavy atom. The lowest BCUT2D eigenvalue weighted by Gasteiger charge is -2.22. The Kier molecular flexibility index (Phi) is 7.03. The van der Waals surface area contributed by atoms with E-state index in [1.807, 2.05) is 4.90 Å². The first-order valence-electron chi connectivity index (χ1n) is 6.62. The van der Waals surface area contributed by atoms with Crippen LogP contribution in [0.2, 0.25) is 0 Å². The number of rotatable bonds is 8. The third kappa shape index (κ3) is 5.79. The summed E-state index contributed by atoms with van der Waals surface area (Å²) in [5, 5.41) is 0. The smallest absolute Gasteiger partial charge is 0.253 e. The van der Waals surface area contributed by atoms with Gasteiger partial charge in [-0.1, -0.05) is 32.0 Å². The number of hydrogen-bond donors (Lipinski definition) is 1. The maximum atomic E-state index is 12.4. The lowest BCUT2D eigenvalue weighted by atomic mass is 10.2. The molecule has 0 atom stereocenters. The highest BCUT2D eigenvalue weighted by molar-refractivity contribution is 7.80. The van der Waals surface area contributed by atoms with Crippen molar-refractivity contribution < 1.29 is 4.79 Å².